The summed E-state index contributed by atoms with van der Waals surface area (Å²) in [5, 5.41) is 53.6. The highest BCUT2D eigenvalue weighted by Crippen LogP contribution is 2.27. The van der Waals surface area contributed by atoms with Crippen LogP contribution in [0.25, 0.3) is 0 Å². The second-order valence-corrected chi connectivity index (χ2v) is 2.94. The summed E-state index contributed by atoms with van der Waals surface area (Å²) in [6.45, 7) is 0. The molecule has 0 radical (unpaired) electrons. The molecule has 0 aromatic carbocycles. The molecule has 0 amide bonds. The predicted octanol–water partition coefficient (Wildman–Crippen LogP) is -3.81. The van der Waals surface area contributed by atoms with Gasteiger partial charge in [-0.3, -0.25) is 0 Å². The zero-order valence-electron chi connectivity index (χ0n) is 6.81. The Hall–Kier alpha value is -0.770. The van der Waals surface area contributed by atoms with Crippen LogP contribution in [0.2, 0.25) is 0 Å². The van der Waals surface area contributed by atoms with Crippen LogP contribution in [0.5, 0.6) is 0 Å². The van der Waals surface area contributed by atoms with Crippen LogP contribution < -0.4 is 0 Å². The van der Waals surface area contributed by atoms with Crippen LogP contribution in [0.3, 0.4) is 0 Å². The van der Waals surface area contributed by atoms with Gasteiger partial charge < -0.3 is 35.4 Å². The lowest BCUT2D eigenvalue weighted by Crippen LogP contribution is -2.67. The van der Waals surface area contributed by atoms with E-state index < -0.39 is 36.4 Å². The van der Waals surface area contributed by atoms with E-state index in [1.807, 2.05) is 0 Å². The first-order valence-corrected chi connectivity index (χ1v) is 3.66. The molecule has 1 saturated heterocycles. The second-order valence-electron chi connectivity index (χ2n) is 2.94. The summed E-state index contributed by atoms with van der Waals surface area (Å²) in [6.07, 6.45) is -8.24. The third-order valence-corrected chi connectivity index (χ3v) is 1.97. The Morgan fingerprint density at radius 3 is 2.07 bits per heavy atom. The summed E-state index contributed by atoms with van der Waals surface area (Å²) >= 11 is 0. The number of carbonyl (C=O) groups is 1. The quantitative estimate of drug-likeness (QED) is 0.258. The number of hydrogen-bond acceptors (Lipinski definition) is 7. The molecule has 0 bridgehead atoms. The molecule has 0 saturated carbocycles. The van der Waals surface area contributed by atoms with E-state index in [-0.39, 0.29) is 0 Å². The van der Waals surface area contributed by atoms with Crippen molar-refractivity contribution >= 4 is 5.97 Å². The Morgan fingerprint density at radius 2 is 1.64 bits per heavy atom. The van der Waals surface area contributed by atoms with E-state index in [0.29, 0.717) is 0 Å². The minimum Gasteiger partial charge on any atom is -0.477 e. The van der Waals surface area contributed by atoms with Crippen LogP contribution in [0, 0.1) is 0 Å². The Balaban J connectivity index is 2.96. The third-order valence-electron chi connectivity index (χ3n) is 1.97. The molecular formula is C6H10O8. The molecule has 1 rings (SSSR count). The maximum atomic E-state index is 10.4. The van der Waals surface area contributed by atoms with Crippen molar-refractivity contribution in [2.24, 2.45) is 0 Å². The molecule has 5 atom stereocenters. The molecule has 82 valence electrons. The summed E-state index contributed by atoms with van der Waals surface area (Å²) in [4.78, 5) is 10.4. The fraction of sp³-hybridized carbons (Fsp3) is 0.833. The van der Waals surface area contributed by atoms with Gasteiger partial charge in [0.1, 0.15) is 18.3 Å². The number of carboxylic acids is 1. The maximum Gasteiger partial charge on any atom is 0.367 e. The lowest BCUT2D eigenvalue weighted by Gasteiger charge is -2.41. The number of rotatable bonds is 1. The molecule has 0 aromatic rings. The van der Waals surface area contributed by atoms with E-state index in [1.54, 1.807) is 0 Å². The van der Waals surface area contributed by atoms with Crippen LogP contribution >= 0.6 is 0 Å². The average molecular weight is 210 g/mol. The number of aliphatic hydroxyl groups is 5. The van der Waals surface area contributed by atoms with Gasteiger partial charge in [-0.15, -0.1) is 0 Å². The number of ether oxygens (including phenoxy) is 1. The van der Waals surface area contributed by atoms with Gasteiger partial charge >= 0.3 is 5.97 Å². The van der Waals surface area contributed by atoms with E-state index in [1.165, 1.54) is 0 Å². The van der Waals surface area contributed by atoms with E-state index >= 15 is 0 Å². The summed E-state index contributed by atoms with van der Waals surface area (Å²) in [7, 11) is 0. The van der Waals surface area contributed by atoms with Crippen LogP contribution in [0.1, 0.15) is 0 Å². The van der Waals surface area contributed by atoms with E-state index in [4.69, 9.17) is 25.5 Å². The molecule has 1 heterocycles. The van der Waals surface area contributed by atoms with Gasteiger partial charge in [-0.1, -0.05) is 0 Å². The van der Waals surface area contributed by atoms with Gasteiger partial charge in [-0.2, -0.15) is 0 Å². The molecule has 1 unspecified atom stereocenters. The van der Waals surface area contributed by atoms with Crippen LogP contribution in [-0.2, 0) is 9.53 Å². The molecule has 8 nitrogen and oxygen atoms in total. The minimum atomic E-state index is -3.13. The fourth-order valence-corrected chi connectivity index (χ4v) is 1.09. The highest BCUT2D eigenvalue weighted by Gasteiger charge is 2.57. The summed E-state index contributed by atoms with van der Waals surface area (Å²) < 4.78 is 4.08. The van der Waals surface area contributed by atoms with E-state index in [2.05, 4.69) is 4.74 Å². The molecule has 8 heteroatoms. The molecule has 0 aromatic heterocycles. The lowest BCUT2D eigenvalue weighted by atomic mass is 9.96. The van der Waals surface area contributed by atoms with Crippen molar-refractivity contribution in [1.82, 2.24) is 0 Å². The van der Waals surface area contributed by atoms with Gasteiger partial charge in [0.05, 0.1) is 0 Å². The van der Waals surface area contributed by atoms with Crippen molar-refractivity contribution in [3.8, 4) is 0 Å². The largest absolute Gasteiger partial charge is 0.477 e. The first-order chi connectivity index (χ1) is 6.30. The Labute approximate surface area is 77.6 Å². The van der Waals surface area contributed by atoms with Crippen molar-refractivity contribution in [2.75, 3.05) is 0 Å². The smallest absolute Gasteiger partial charge is 0.367 e. The normalized spacial score (nSPS) is 48.9. The summed E-state index contributed by atoms with van der Waals surface area (Å²) in [6, 6.07) is 0. The van der Waals surface area contributed by atoms with Gasteiger partial charge in [0.15, 0.2) is 6.29 Å². The topological polar surface area (TPSA) is 148 Å². The van der Waals surface area contributed by atoms with Crippen molar-refractivity contribution in [2.45, 2.75) is 30.4 Å². The van der Waals surface area contributed by atoms with Gasteiger partial charge in [-0.05, 0) is 0 Å². The first-order valence-electron chi connectivity index (χ1n) is 3.66. The van der Waals surface area contributed by atoms with Gasteiger partial charge in [0.2, 0.25) is 0 Å². The molecule has 6 N–H and O–H groups in total. The first kappa shape index (κ1) is 11.3. The maximum absolute atomic E-state index is 10.4. The standard InChI is InChI=1S/C6H10O8/c7-1-2(8)4(10)14-6(13,3(1)9)5(11)12/h1-4,7-10,13H,(H,11,12)/t1-,2-,3+,4?,6-/m0/s1. The number of aliphatic hydroxyl groups excluding tert-OH is 4. The molecule has 1 aliphatic heterocycles. The van der Waals surface area contributed by atoms with Crippen molar-refractivity contribution in [1.29, 1.82) is 0 Å². The summed E-state index contributed by atoms with van der Waals surface area (Å²) in [5.74, 6) is -5.10. The Bertz CT molecular complexity index is 242. The highest BCUT2D eigenvalue weighted by molar-refractivity contribution is 5.76. The molecule has 0 spiro atoms. The van der Waals surface area contributed by atoms with Crippen LogP contribution in [-0.4, -0.2) is 67.0 Å². The molecule has 0 aliphatic carbocycles. The third kappa shape index (κ3) is 1.47. The molecule has 1 aliphatic rings. The van der Waals surface area contributed by atoms with Crippen molar-refractivity contribution in [3.63, 3.8) is 0 Å². The van der Waals surface area contributed by atoms with E-state index in [9.17, 15) is 9.90 Å². The molecule has 1 fully saturated rings. The molecular weight excluding hydrogens is 200 g/mol. The highest BCUT2D eigenvalue weighted by atomic mass is 16.7. The zero-order valence-corrected chi connectivity index (χ0v) is 6.81. The second kappa shape index (κ2) is 3.42. The number of aliphatic carboxylic acids is 1. The lowest BCUT2D eigenvalue weighted by molar-refractivity contribution is -0.371. The fourth-order valence-electron chi connectivity index (χ4n) is 1.09. The molecule has 14 heavy (non-hydrogen) atoms. The van der Waals surface area contributed by atoms with Gasteiger partial charge in [0.25, 0.3) is 5.79 Å². The Kier molecular flexibility index (Phi) is 2.76. The van der Waals surface area contributed by atoms with Crippen molar-refractivity contribution in [3.05, 3.63) is 0 Å². The number of hydrogen-bond donors (Lipinski definition) is 6. The van der Waals surface area contributed by atoms with Gasteiger partial charge in [-0.25, -0.2) is 4.79 Å². The Morgan fingerprint density at radius 1 is 1.14 bits per heavy atom. The monoisotopic (exact) mass is 210 g/mol. The van der Waals surface area contributed by atoms with Crippen LogP contribution in [0.4, 0.5) is 0 Å². The van der Waals surface area contributed by atoms with Gasteiger partial charge in [0, 0.05) is 0 Å². The predicted molar refractivity (Wildman–Crippen MR) is 37.7 cm³/mol. The number of carboxylic acid groups (broad SMARTS) is 1. The van der Waals surface area contributed by atoms with Crippen molar-refractivity contribution < 1.29 is 40.2 Å². The average Bonchev–Trinajstić information content (AvgIpc) is 2.11. The zero-order chi connectivity index (χ0) is 11.1. The minimum absolute atomic E-state index is 1.88. The summed E-state index contributed by atoms with van der Waals surface area (Å²) in [5.41, 5.74) is 0. The van der Waals surface area contributed by atoms with Crippen LogP contribution in [0.15, 0.2) is 0 Å². The SMILES string of the molecule is O=C(O)[C@@]1(O)OC(O)[C@@H](O)[C@H](O)[C@H]1O. The van der Waals surface area contributed by atoms with E-state index in [0.717, 1.165) is 0 Å².